The molecule has 0 aliphatic carbocycles. The molecule has 3 rings (SSSR count). The van der Waals surface area contributed by atoms with Crippen molar-refractivity contribution in [3.05, 3.63) is 76.3 Å². The maximum Gasteiger partial charge on any atom is 0.338 e. The van der Waals surface area contributed by atoms with Crippen molar-refractivity contribution in [3.8, 4) is 17.2 Å². The van der Waals surface area contributed by atoms with Crippen molar-refractivity contribution >= 4 is 43.4 Å². The van der Waals surface area contributed by atoms with Gasteiger partial charge in [0.15, 0.2) is 6.61 Å². The van der Waals surface area contributed by atoms with E-state index in [1.54, 1.807) is 31.2 Å². The van der Waals surface area contributed by atoms with Crippen molar-refractivity contribution in [3.63, 3.8) is 0 Å². The summed E-state index contributed by atoms with van der Waals surface area (Å²) in [7, 11) is -1.08. The topological polar surface area (TPSA) is 117 Å². The Balaban J connectivity index is 1.68. The van der Waals surface area contributed by atoms with Gasteiger partial charge in [-0.25, -0.2) is 13.2 Å². The molecule has 0 saturated carbocycles. The van der Waals surface area contributed by atoms with Crippen LogP contribution in [0, 0.1) is 0 Å². The first-order valence-corrected chi connectivity index (χ1v) is 12.9. The van der Waals surface area contributed by atoms with Gasteiger partial charge in [-0.05, 0) is 67.6 Å². The van der Waals surface area contributed by atoms with E-state index in [4.69, 9.17) is 18.9 Å². The molecule has 0 heterocycles. The molecule has 0 atom stereocenters. The highest BCUT2D eigenvalue weighted by Gasteiger charge is 2.21. The van der Waals surface area contributed by atoms with Crippen molar-refractivity contribution in [2.75, 3.05) is 32.2 Å². The minimum absolute atomic E-state index is 0.0336. The number of hydrogen-bond acceptors (Lipinski definition) is 8. The maximum absolute atomic E-state index is 12.9. The lowest BCUT2D eigenvalue weighted by Crippen LogP contribution is -2.16. The van der Waals surface area contributed by atoms with Crippen LogP contribution in [-0.4, -0.2) is 47.6 Å². The molecule has 0 bridgehead atoms. The first-order valence-electron chi connectivity index (χ1n) is 10.7. The molecule has 36 heavy (non-hydrogen) atoms. The summed E-state index contributed by atoms with van der Waals surface area (Å²) in [4.78, 5) is 25.0. The van der Waals surface area contributed by atoms with Crippen LogP contribution < -0.4 is 18.9 Å². The number of methoxy groups -OCH3 is 2. The normalized spacial score (nSPS) is 10.9. The Morgan fingerprint density at radius 2 is 1.61 bits per heavy atom. The summed E-state index contributed by atoms with van der Waals surface area (Å²) in [6.07, 6.45) is 0. The molecule has 0 unspecified atom stereocenters. The second kappa shape index (κ2) is 11.9. The largest absolute Gasteiger partial charge is 0.497 e. The number of halogens is 1. The molecular formula is C25H24BrNO8S. The lowest BCUT2D eigenvalue weighted by atomic mass is 10.1. The number of ketones is 1. The summed E-state index contributed by atoms with van der Waals surface area (Å²) in [6.45, 7) is 1.54. The Labute approximate surface area is 217 Å². The fourth-order valence-corrected chi connectivity index (χ4v) is 4.92. The maximum atomic E-state index is 12.9. The fraction of sp³-hybridized carbons (Fsp3) is 0.200. The summed E-state index contributed by atoms with van der Waals surface area (Å²) in [5.74, 6) is -0.218. The van der Waals surface area contributed by atoms with E-state index >= 15 is 0 Å². The Morgan fingerprint density at radius 1 is 0.917 bits per heavy atom. The first kappa shape index (κ1) is 27.0. The van der Waals surface area contributed by atoms with Gasteiger partial charge in [0.05, 0.1) is 32.0 Å². The van der Waals surface area contributed by atoms with Crippen molar-refractivity contribution in [2.45, 2.75) is 11.8 Å². The Bertz CT molecular complexity index is 1360. The summed E-state index contributed by atoms with van der Waals surface area (Å²) < 4.78 is 49.7. The number of sulfonamides is 1. The smallest absolute Gasteiger partial charge is 0.338 e. The van der Waals surface area contributed by atoms with E-state index in [1.807, 2.05) is 0 Å². The van der Waals surface area contributed by atoms with Crippen LogP contribution in [0.1, 0.15) is 27.6 Å². The van der Waals surface area contributed by atoms with Crippen LogP contribution in [0.4, 0.5) is 5.69 Å². The monoisotopic (exact) mass is 577 g/mol. The first-order chi connectivity index (χ1) is 17.2. The van der Waals surface area contributed by atoms with Crippen LogP contribution in [0.25, 0.3) is 0 Å². The number of ether oxygens (including phenoxy) is 4. The Hall–Kier alpha value is -3.57. The predicted octanol–water partition coefficient (Wildman–Crippen LogP) is 4.71. The van der Waals surface area contributed by atoms with Gasteiger partial charge in [0.2, 0.25) is 5.78 Å². The molecule has 1 N–H and O–H groups in total. The molecule has 0 amide bonds. The fourth-order valence-electron chi connectivity index (χ4n) is 3.18. The summed E-state index contributed by atoms with van der Waals surface area (Å²) >= 11 is 3.27. The van der Waals surface area contributed by atoms with Gasteiger partial charge in [-0.3, -0.25) is 9.52 Å². The van der Waals surface area contributed by atoms with Crippen LogP contribution in [0.2, 0.25) is 0 Å². The van der Waals surface area contributed by atoms with Crippen LogP contribution >= 0.6 is 15.9 Å². The van der Waals surface area contributed by atoms with E-state index in [9.17, 15) is 18.0 Å². The molecule has 0 aromatic heterocycles. The van der Waals surface area contributed by atoms with Crippen molar-refractivity contribution < 1.29 is 37.0 Å². The minimum atomic E-state index is -3.97. The summed E-state index contributed by atoms with van der Waals surface area (Å²) in [5.41, 5.74) is 0.584. The molecule has 11 heteroatoms. The van der Waals surface area contributed by atoms with Gasteiger partial charge >= 0.3 is 5.97 Å². The Kier molecular flexibility index (Phi) is 8.94. The molecule has 190 valence electrons. The highest BCUT2D eigenvalue weighted by Crippen LogP contribution is 2.29. The van der Waals surface area contributed by atoms with E-state index in [0.29, 0.717) is 22.6 Å². The van der Waals surface area contributed by atoms with Crippen LogP contribution in [-0.2, 0) is 14.8 Å². The van der Waals surface area contributed by atoms with Gasteiger partial charge in [0.1, 0.15) is 22.1 Å². The number of carbonyl (C=O) groups excluding carboxylic acids is 2. The Morgan fingerprint density at radius 3 is 2.25 bits per heavy atom. The van der Waals surface area contributed by atoms with E-state index in [2.05, 4.69) is 20.7 Å². The molecule has 0 fully saturated rings. The predicted molar refractivity (Wildman–Crippen MR) is 137 cm³/mol. The molecule has 3 aromatic carbocycles. The number of rotatable bonds is 11. The highest BCUT2D eigenvalue weighted by molar-refractivity contribution is 9.10. The number of hydrogen-bond donors (Lipinski definition) is 1. The van der Waals surface area contributed by atoms with Crippen molar-refractivity contribution in [2.24, 2.45) is 0 Å². The summed E-state index contributed by atoms with van der Waals surface area (Å²) in [5, 5.41) is 0. The zero-order valence-electron chi connectivity index (χ0n) is 19.7. The molecule has 0 aliphatic heterocycles. The van der Waals surface area contributed by atoms with Crippen molar-refractivity contribution in [1.29, 1.82) is 0 Å². The van der Waals surface area contributed by atoms with E-state index < -0.39 is 28.4 Å². The number of benzene rings is 3. The minimum Gasteiger partial charge on any atom is -0.497 e. The van der Waals surface area contributed by atoms with E-state index in [-0.39, 0.29) is 27.5 Å². The molecule has 0 spiro atoms. The van der Waals surface area contributed by atoms with Gasteiger partial charge in [-0.2, -0.15) is 0 Å². The standard InChI is InChI=1S/C25H24BrNO8S/c1-4-34-23-11-7-17(26)13-24(23)36(30,31)27-18-8-5-16(6-9-18)25(29)35-15-21(28)20-14-19(32-2)10-12-22(20)33-3/h5-14,27H,4,15H2,1-3H3. The number of Topliss-reactive ketones (excluding diaryl/α,β-unsaturated/α-hetero) is 1. The number of carbonyl (C=O) groups is 2. The van der Waals surface area contributed by atoms with E-state index in [0.717, 1.165) is 0 Å². The third-order valence-corrected chi connectivity index (χ3v) is 6.81. The zero-order valence-corrected chi connectivity index (χ0v) is 22.1. The van der Waals surface area contributed by atoms with Gasteiger partial charge < -0.3 is 18.9 Å². The van der Waals surface area contributed by atoms with Crippen LogP contribution in [0.15, 0.2) is 70.0 Å². The van der Waals surface area contributed by atoms with Gasteiger partial charge in [0.25, 0.3) is 10.0 Å². The quantitative estimate of drug-likeness (QED) is 0.257. The number of nitrogens with one attached hydrogen (secondary N) is 1. The third kappa shape index (κ3) is 6.55. The lowest BCUT2D eigenvalue weighted by molar-refractivity contribution is 0.0474. The third-order valence-electron chi connectivity index (χ3n) is 4.91. The van der Waals surface area contributed by atoms with Crippen LogP contribution in [0.3, 0.4) is 0 Å². The molecule has 9 nitrogen and oxygen atoms in total. The highest BCUT2D eigenvalue weighted by atomic mass is 79.9. The number of anilines is 1. The van der Waals surface area contributed by atoms with Gasteiger partial charge in [0, 0.05) is 10.2 Å². The average Bonchev–Trinajstić information content (AvgIpc) is 2.88. The van der Waals surface area contributed by atoms with Gasteiger partial charge in [-0.15, -0.1) is 0 Å². The molecular weight excluding hydrogens is 554 g/mol. The SMILES string of the molecule is CCOc1ccc(Br)cc1S(=O)(=O)Nc1ccc(C(=O)OCC(=O)c2cc(OC)ccc2OC)cc1. The second-order valence-corrected chi connectivity index (χ2v) is 9.84. The zero-order chi connectivity index (χ0) is 26.3. The van der Waals surface area contributed by atoms with Crippen LogP contribution in [0.5, 0.6) is 17.2 Å². The molecule has 3 aromatic rings. The second-order valence-electron chi connectivity index (χ2n) is 7.27. The molecule has 0 radical (unpaired) electrons. The number of esters is 1. The van der Waals surface area contributed by atoms with E-state index in [1.165, 1.54) is 50.6 Å². The van der Waals surface area contributed by atoms with Crippen molar-refractivity contribution in [1.82, 2.24) is 0 Å². The molecule has 0 saturated heterocycles. The average molecular weight is 578 g/mol. The summed E-state index contributed by atoms with van der Waals surface area (Å²) in [6, 6.07) is 15.0. The molecule has 0 aliphatic rings. The van der Waals surface area contributed by atoms with Gasteiger partial charge in [-0.1, -0.05) is 15.9 Å². The lowest BCUT2D eigenvalue weighted by Gasteiger charge is -2.13.